The number of nitrogens with two attached hydrogens (primary N) is 1. The fourth-order valence-corrected chi connectivity index (χ4v) is 2.44. The monoisotopic (exact) mass is 256 g/mol. The first-order chi connectivity index (χ1) is 6.29. The van der Waals surface area contributed by atoms with E-state index in [9.17, 15) is 0 Å². The van der Waals surface area contributed by atoms with E-state index in [1.807, 2.05) is 0 Å². The number of hydrogen-bond donors (Lipinski definition) is 1. The molecule has 1 heterocycles. The van der Waals surface area contributed by atoms with E-state index in [1.165, 1.54) is 25.7 Å². The van der Waals surface area contributed by atoms with Gasteiger partial charge in [-0.15, -0.1) is 24.8 Å². The molecular formula is C10H22Cl2N2O. The highest BCUT2D eigenvalue weighted by Gasteiger charge is 2.31. The molecule has 0 aromatic carbocycles. The molecular weight excluding hydrogens is 235 g/mol. The summed E-state index contributed by atoms with van der Waals surface area (Å²) in [5.41, 5.74) is 6.43. The minimum absolute atomic E-state index is 0. The summed E-state index contributed by atoms with van der Waals surface area (Å²) in [5.74, 6) is 0. The topological polar surface area (TPSA) is 38.5 Å². The van der Waals surface area contributed by atoms with Gasteiger partial charge in [-0.1, -0.05) is 12.8 Å². The maximum Gasteiger partial charge on any atom is 0.0594 e. The Morgan fingerprint density at radius 3 is 2.13 bits per heavy atom. The second-order valence-corrected chi connectivity index (χ2v) is 4.46. The number of ether oxygens (including phenoxy) is 1. The molecule has 2 rings (SSSR count). The summed E-state index contributed by atoms with van der Waals surface area (Å²) in [6.45, 7) is 4.99. The summed E-state index contributed by atoms with van der Waals surface area (Å²) in [7, 11) is 0. The highest BCUT2D eigenvalue weighted by molar-refractivity contribution is 5.85. The lowest BCUT2D eigenvalue weighted by Crippen LogP contribution is -2.51. The first-order valence-corrected chi connectivity index (χ1v) is 5.38. The van der Waals surface area contributed by atoms with Gasteiger partial charge in [-0.2, -0.15) is 0 Å². The van der Waals surface area contributed by atoms with E-state index in [0.717, 1.165) is 32.8 Å². The van der Waals surface area contributed by atoms with E-state index in [2.05, 4.69) is 4.90 Å². The van der Waals surface area contributed by atoms with E-state index in [-0.39, 0.29) is 30.4 Å². The lowest BCUT2D eigenvalue weighted by atomic mass is 9.98. The molecule has 1 aliphatic heterocycles. The Morgan fingerprint density at radius 1 is 1.07 bits per heavy atom. The maximum atomic E-state index is 6.31. The molecule has 92 valence electrons. The summed E-state index contributed by atoms with van der Waals surface area (Å²) in [5, 5.41) is 0. The normalized spacial score (nSPS) is 25.4. The Balaban J connectivity index is 0.000000980. The minimum atomic E-state index is 0. The third-order valence-electron chi connectivity index (χ3n) is 3.24. The van der Waals surface area contributed by atoms with Crippen molar-refractivity contribution in [1.29, 1.82) is 0 Å². The highest BCUT2D eigenvalue weighted by atomic mass is 35.5. The second-order valence-electron chi connectivity index (χ2n) is 4.46. The summed E-state index contributed by atoms with van der Waals surface area (Å²) >= 11 is 0. The average molecular weight is 257 g/mol. The number of nitrogens with zero attached hydrogens (tertiary/aromatic N) is 1. The summed E-state index contributed by atoms with van der Waals surface area (Å²) in [4.78, 5) is 2.45. The SMILES string of the molecule is Cl.Cl.NC1(CN2CCOCC2)CCCC1. The van der Waals surface area contributed by atoms with Gasteiger partial charge in [0.1, 0.15) is 0 Å². The third kappa shape index (κ3) is 4.45. The number of hydrogen-bond acceptors (Lipinski definition) is 3. The summed E-state index contributed by atoms with van der Waals surface area (Å²) < 4.78 is 5.31. The number of morpholine rings is 1. The zero-order valence-electron chi connectivity index (χ0n) is 9.11. The van der Waals surface area contributed by atoms with Crippen molar-refractivity contribution in [1.82, 2.24) is 4.90 Å². The Bertz CT molecular complexity index is 169. The van der Waals surface area contributed by atoms with E-state index in [0.29, 0.717) is 0 Å². The Hall–Kier alpha value is 0.460. The quantitative estimate of drug-likeness (QED) is 0.813. The van der Waals surface area contributed by atoms with Crippen molar-refractivity contribution in [2.75, 3.05) is 32.8 Å². The van der Waals surface area contributed by atoms with Gasteiger partial charge >= 0.3 is 0 Å². The predicted octanol–water partition coefficient (Wildman–Crippen LogP) is 1.43. The van der Waals surface area contributed by atoms with Crippen molar-refractivity contribution in [3.63, 3.8) is 0 Å². The molecule has 2 aliphatic rings. The van der Waals surface area contributed by atoms with Crippen LogP contribution >= 0.6 is 24.8 Å². The Morgan fingerprint density at radius 2 is 1.60 bits per heavy atom. The van der Waals surface area contributed by atoms with Crippen LogP contribution in [0.2, 0.25) is 0 Å². The Kier molecular flexibility index (Phi) is 7.13. The first kappa shape index (κ1) is 15.5. The van der Waals surface area contributed by atoms with Gasteiger partial charge in [0.05, 0.1) is 13.2 Å². The van der Waals surface area contributed by atoms with Crippen molar-refractivity contribution in [2.24, 2.45) is 5.73 Å². The van der Waals surface area contributed by atoms with Gasteiger partial charge in [-0.3, -0.25) is 4.90 Å². The van der Waals surface area contributed by atoms with Gasteiger partial charge < -0.3 is 10.5 Å². The molecule has 0 unspecified atom stereocenters. The van der Waals surface area contributed by atoms with Gasteiger partial charge in [0.25, 0.3) is 0 Å². The molecule has 5 heteroatoms. The molecule has 2 fully saturated rings. The van der Waals surface area contributed by atoms with E-state index in [4.69, 9.17) is 10.5 Å². The second kappa shape index (κ2) is 6.92. The highest BCUT2D eigenvalue weighted by Crippen LogP contribution is 2.28. The molecule has 0 spiro atoms. The Labute approximate surface area is 105 Å². The summed E-state index contributed by atoms with van der Waals surface area (Å²) in [6.07, 6.45) is 5.07. The van der Waals surface area contributed by atoms with Crippen LogP contribution in [0.15, 0.2) is 0 Å². The molecule has 0 atom stereocenters. The van der Waals surface area contributed by atoms with E-state index >= 15 is 0 Å². The molecule has 3 nitrogen and oxygen atoms in total. The van der Waals surface area contributed by atoms with Crippen molar-refractivity contribution in [2.45, 2.75) is 31.2 Å². The van der Waals surface area contributed by atoms with Crippen molar-refractivity contribution in [3.05, 3.63) is 0 Å². The van der Waals surface area contributed by atoms with Crippen LogP contribution in [0.25, 0.3) is 0 Å². The average Bonchev–Trinajstić information content (AvgIpc) is 2.54. The van der Waals surface area contributed by atoms with Gasteiger partial charge in [0, 0.05) is 25.2 Å². The molecule has 0 radical (unpaired) electrons. The summed E-state index contributed by atoms with van der Waals surface area (Å²) in [6, 6.07) is 0. The fraction of sp³-hybridized carbons (Fsp3) is 1.00. The molecule has 0 aromatic rings. The van der Waals surface area contributed by atoms with Crippen LogP contribution in [-0.2, 0) is 4.74 Å². The fourth-order valence-electron chi connectivity index (χ4n) is 2.44. The van der Waals surface area contributed by atoms with Gasteiger partial charge in [-0.25, -0.2) is 0 Å². The molecule has 1 saturated carbocycles. The molecule has 2 N–H and O–H groups in total. The molecule has 0 bridgehead atoms. The van der Waals surface area contributed by atoms with Crippen LogP contribution in [0, 0.1) is 0 Å². The molecule has 0 aromatic heterocycles. The molecule has 1 saturated heterocycles. The largest absolute Gasteiger partial charge is 0.379 e. The van der Waals surface area contributed by atoms with E-state index < -0.39 is 0 Å². The number of halogens is 2. The third-order valence-corrected chi connectivity index (χ3v) is 3.24. The van der Waals surface area contributed by atoms with Gasteiger partial charge in [0.2, 0.25) is 0 Å². The van der Waals surface area contributed by atoms with Crippen LogP contribution < -0.4 is 5.73 Å². The van der Waals surface area contributed by atoms with Crippen molar-refractivity contribution >= 4 is 24.8 Å². The molecule has 0 amide bonds. The van der Waals surface area contributed by atoms with Gasteiger partial charge in [0.15, 0.2) is 0 Å². The van der Waals surface area contributed by atoms with Crippen molar-refractivity contribution in [3.8, 4) is 0 Å². The van der Waals surface area contributed by atoms with Crippen LogP contribution in [-0.4, -0.2) is 43.3 Å². The zero-order valence-corrected chi connectivity index (χ0v) is 10.7. The lowest BCUT2D eigenvalue weighted by molar-refractivity contribution is 0.0279. The molecule has 15 heavy (non-hydrogen) atoms. The zero-order chi connectivity index (χ0) is 9.15. The maximum absolute atomic E-state index is 6.31. The predicted molar refractivity (Wildman–Crippen MR) is 67.1 cm³/mol. The minimum Gasteiger partial charge on any atom is -0.379 e. The lowest BCUT2D eigenvalue weighted by Gasteiger charge is -2.34. The van der Waals surface area contributed by atoms with Crippen LogP contribution in [0.1, 0.15) is 25.7 Å². The number of rotatable bonds is 2. The van der Waals surface area contributed by atoms with Crippen LogP contribution in [0.3, 0.4) is 0 Å². The van der Waals surface area contributed by atoms with Crippen LogP contribution in [0.4, 0.5) is 0 Å². The van der Waals surface area contributed by atoms with E-state index in [1.54, 1.807) is 0 Å². The molecule has 1 aliphatic carbocycles. The standard InChI is InChI=1S/C10H20N2O.2ClH/c11-10(3-1-2-4-10)9-12-5-7-13-8-6-12;;/h1-9,11H2;2*1H. The van der Waals surface area contributed by atoms with Gasteiger partial charge in [-0.05, 0) is 12.8 Å². The first-order valence-electron chi connectivity index (χ1n) is 5.38. The van der Waals surface area contributed by atoms with Crippen molar-refractivity contribution < 1.29 is 4.74 Å². The smallest absolute Gasteiger partial charge is 0.0594 e. The van der Waals surface area contributed by atoms with Crippen LogP contribution in [0.5, 0.6) is 0 Å².